The van der Waals surface area contributed by atoms with Gasteiger partial charge in [0.05, 0.1) is 12.1 Å². The molecule has 0 amide bonds. The Balaban J connectivity index is 2.56. The molecule has 0 spiro atoms. The van der Waals surface area contributed by atoms with Crippen LogP contribution in [0.4, 0.5) is 4.39 Å². The monoisotopic (exact) mass is 248 g/mol. The zero-order valence-electron chi connectivity index (χ0n) is 10.7. The van der Waals surface area contributed by atoms with Gasteiger partial charge in [-0.3, -0.25) is 0 Å². The van der Waals surface area contributed by atoms with Crippen LogP contribution >= 0.6 is 0 Å². The molecule has 0 bridgehead atoms. The van der Waals surface area contributed by atoms with E-state index in [4.69, 9.17) is 5.73 Å². The van der Waals surface area contributed by atoms with Gasteiger partial charge >= 0.3 is 0 Å². The summed E-state index contributed by atoms with van der Waals surface area (Å²) in [5.74, 6) is 0.997. The van der Waals surface area contributed by atoms with E-state index in [0.29, 0.717) is 29.3 Å². The van der Waals surface area contributed by atoms with Crippen LogP contribution in [0.15, 0.2) is 18.2 Å². The number of nitrogens with two attached hydrogens (primary N) is 1. The van der Waals surface area contributed by atoms with Gasteiger partial charge in [0.1, 0.15) is 11.6 Å². The fourth-order valence-corrected chi connectivity index (χ4v) is 1.96. The minimum absolute atomic E-state index is 0.245. The van der Waals surface area contributed by atoms with Gasteiger partial charge in [0.15, 0.2) is 5.82 Å². The van der Waals surface area contributed by atoms with E-state index in [1.165, 1.54) is 0 Å². The molecule has 2 N–H and O–H groups in total. The third-order valence-corrected chi connectivity index (χ3v) is 2.89. The predicted molar refractivity (Wildman–Crippen MR) is 68.3 cm³/mol. The molecule has 1 aromatic heterocycles. The third-order valence-electron chi connectivity index (χ3n) is 2.89. The highest BCUT2D eigenvalue weighted by Crippen LogP contribution is 2.24. The molecule has 2 aromatic rings. The predicted octanol–water partition coefficient (Wildman–Crippen LogP) is 2.26. The Morgan fingerprint density at radius 3 is 2.78 bits per heavy atom. The maximum absolute atomic E-state index is 14.1. The normalized spacial score (nSPS) is 10.9. The topological polar surface area (TPSA) is 56.7 Å². The summed E-state index contributed by atoms with van der Waals surface area (Å²) in [5, 5.41) is 8.09. The fourth-order valence-electron chi connectivity index (χ4n) is 1.96. The summed E-state index contributed by atoms with van der Waals surface area (Å²) >= 11 is 0. The van der Waals surface area contributed by atoms with Crippen LogP contribution in [-0.2, 0) is 13.1 Å². The van der Waals surface area contributed by atoms with Gasteiger partial charge < -0.3 is 10.3 Å². The van der Waals surface area contributed by atoms with Crippen molar-refractivity contribution < 1.29 is 4.39 Å². The zero-order valence-corrected chi connectivity index (χ0v) is 10.7. The smallest absolute Gasteiger partial charge is 0.166 e. The van der Waals surface area contributed by atoms with Crippen molar-refractivity contribution in [3.63, 3.8) is 0 Å². The van der Waals surface area contributed by atoms with Crippen LogP contribution in [0.2, 0.25) is 0 Å². The molecule has 0 fully saturated rings. The molecule has 4 nitrogen and oxygen atoms in total. The Morgan fingerprint density at radius 2 is 2.11 bits per heavy atom. The highest BCUT2D eigenvalue weighted by Gasteiger charge is 2.16. The molecule has 18 heavy (non-hydrogen) atoms. The van der Waals surface area contributed by atoms with E-state index in [-0.39, 0.29) is 5.82 Å². The summed E-state index contributed by atoms with van der Waals surface area (Å²) in [7, 11) is 0. The van der Waals surface area contributed by atoms with Crippen molar-refractivity contribution in [3.05, 3.63) is 35.4 Å². The molecule has 5 heteroatoms. The maximum atomic E-state index is 14.1. The zero-order chi connectivity index (χ0) is 13.1. The van der Waals surface area contributed by atoms with Gasteiger partial charge in [-0.2, -0.15) is 0 Å². The van der Waals surface area contributed by atoms with Crippen LogP contribution in [0.1, 0.15) is 24.7 Å². The lowest BCUT2D eigenvalue weighted by Crippen LogP contribution is -2.10. The number of aryl methyl sites for hydroxylation is 1. The number of nitrogens with zero attached hydrogens (tertiary/aromatic N) is 3. The van der Waals surface area contributed by atoms with Gasteiger partial charge in [-0.1, -0.05) is 19.1 Å². The fraction of sp³-hybridized carbons (Fsp3) is 0.385. The van der Waals surface area contributed by atoms with Crippen LogP contribution in [0.3, 0.4) is 0 Å². The van der Waals surface area contributed by atoms with Crippen molar-refractivity contribution in [3.8, 4) is 11.4 Å². The highest BCUT2D eigenvalue weighted by atomic mass is 19.1. The first-order chi connectivity index (χ1) is 8.69. The Labute approximate surface area is 106 Å². The van der Waals surface area contributed by atoms with Crippen LogP contribution in [0.25, 0.3) is 11.4 Å². The molecule has 1 heterocycles. The lowest BCUT2D eigenvalue weighted by molar-refractivity contribution is 0.611. The van der Waals surface area contributed by atoms with Crippen molar-refractivity contribution in [1.82, 2.24) is 14.8 Å². The van der Waals surface area contributed by atoms with E-state index in [0.717, 1.165) is 13.0 Å². The quantitative estimate of drug-likeness (QED) is 0.903. The van der Waals surface area contributed by atoms with E-state index in [1.807, 2.05) is 10.6 Å². The lowest BCUT2D eigenvalue weighted by Gasteiger charge is -2.09. The minimum Gasteiger partial charge on any atom is -0.324 e. The van der Waals surface area contributed by atoms with Gasteiger partial charge in [-0.05, 0) is 25.0 Å². The van der Waals surface area contributed by atoms with E-state index < -0.39 is 0 Å². The molecule has 0 atom stereocenters. The summed E-state index contributed by atoms with van der Waals surface area (Å²) < 4.78 is 16.0. The third kappa shape index (κ3) is 2.13. The van der Waals surface area contributed by atoms with E-state index in [2.05, 4.69) is 17.1 Å². The molecule has 96 valence electrons. The Bertz CT molecular complexity index is 548. The first kappa shape index (κ1) is 12.7. The molecule has 0 saturated carbocycles. The minimum atomic E-state index is -0.245. The highest BCUT2D eigenvalue weighted by molar-refractivity contribution is 5.57. The van der Waals surface area contributed by atoms with Crippen molar-refractivity contribution in [1.29, 1.82) is 0 Å². The second-order valence-electron chi connectivity index (χ2n) is 4.23. The lowest BCUT2D eigenvalue weighted by atomic mass is 10.1. The number of hydrogen-bond donors (Lipinski definition) is 1. The summed E-state index contributed by atoms with van der Waals surface area (Å²) in [5.41, 5.74) is 6.71. The first-order valence-corrected chi connectivity index (χ1v) is 6.06. The number of benzene rings is 1. The van der Waals surface area contributed by atoms with E-state index in [9.17, 15) is 4.39 Å². The van der Waals surface area contributed by atoms with Crippen LogP contribution < -0.4 is 5.73 Å². The molecule has 0 unspecified atom stereocenters. The summed E-state index contributed by atoms with van der Waals surface area (Å²) in [6, 6.07) is 5.28. The molecule has 1 aromatic carbocycles. The van der Waals surface area contributed by atoms with Gasteiger partial charge in [-0.15, -0.1) is 10.2 Å². The molecular weight excluding hydrogens is 231 g/mol. The molecule has 2 rings (SSSR count). The molecule has 0 aliphatic rings. The van der Waals surface area contributed by atoms with Crippen molar-refractivity contribution in [2.24, 2.45) is 5.73 Å². The first-order valence-electron chi connectivity index (χ1n) is 6.06. The van der Waals surface area contributed by atoms with Crippen molar-refractivity contribution >= 4 is 0 Å². The second-order valence-corrected chi connectivity index (χ2v) is 4.23. The number of halogens is 1. The molecule has 0 aliphatic heterocycles. The van der Waals surface area contributed by atoms with Crippen LogP contribution in [-0.4, -0.2) is 14.8 Å². The Hall–Kier alpha value is -1.75. The molecule has 0 saturated heterocycles. The van der Waals surface area contributed by atoms with Crippen molar-refractivity contribution in [2.75, 3.05) is 0 Å². The molecular formula is C13H17FN4. The largest absolute Gasteiger partial charge is 0.324 e. The summed E-state index contributed by atoms with van der Waals surface area (Å²) in [6.45, 7) is 4.84. The van der Waals surface area contributed by atoms with Crippen LogP contribution in [0.5, 0.6) is 0 Å². The summed E-state index contributed by atoms with van der Waals surface area (Å²) in [4.78, 5) is 0. The van der Waals surface area contributed by atoms with E-state index in [1.54, 1.807) is 19.1 Å². The SMILES string of the molecule is CCCn1c(CN)nnc1-c1cccc(C)c1F. The number of hydrogen-bond acceptors (Lipinski definition) is 3. The van der Waals surface area contributed by atoms with Gasteiger partial charge in [0.25, 0.3) is 0 Å². The Kier molecular flexibility index (Phi) is 3.72. The Morgan fingerprint density at radius 1 is 1.33 bits per heavy atom. The summed E-state index contributed by atoms with van der Waals surface area (Å²) in [6.07, 6.45) is 0.922. The standard InChI is InChI=1S/C13H17FN4/c1-3-7-18-11(8-15)16-17-13(18)10-6-4-5-9(2)12(10)14/h4-6H,3,7-8,15H2,1-2H3. The van der Waals surface area contributed by atoms with Gasteiger partial charge in [0.2, 0.25) is 0 Å². The molecule has 0 aliphatic carbocycles. The number of rotatable bonds is 4. The maximum Gasteiger partial charge on any atom is 0.166 e. The van der Waals surface area contributed by atoms with Crippen molar-refractivity contribution in [2.45, 2.75) is 33.4 Å². The van der Waals surface area contributed by atoms with Gasteiger partial charge in [-0.25, -0.2) is 4.39 Å². The average molecular weight is 248 g/mol. The second kappa shape index (κ2) is 5.27. The average Bonchev–Trinajstić information content (AvgIpc) is 2.76. The van der Waals surface area contributed by atoms with E-state index >= 15 is 0 Å². The van der Waals surface area contributed by atoms with Crippen LogP contribution in [0, 0.1) is 12.7 Å². The van der Waals surface area contributed by atoms with Gasteiger partial charge in [0, 0.05) is 6.54 Å². The molecule has 0 radical (unpaired) electrons. The number of aromatic nitrogens is 3.